The molecule has 0 aromatic carbocycles. The van der Waals surface area contributed by atoms with Gasteiger partial charge in [0.2, 0.25) is 0 Å². The summed E-state index contributed by atoms with van der Waals surface area (Å²) in [5.74, 6) is 0. The molecule has 0 saturated heterocycles. The Balaban J connectivity index is 2.99. The third-order valence-electron chi connectivity index (χ3n) is 1.40. The summed E-state index contributed by atoms with van der Waals surface area (Å²) < 4.78 is 4.86. The molecule has 0 aliphatic heterocycles. The van der Waals surface area contributed by atoms with Gasteiger partial charge < -0.3 is 4.74 Å². The van der Waals surface area contributed by atoms with Crippen LogP contribution in [0, 0.1) is 18.3 Å². The van der Waals surface area contributed by atoms with Gasteiger partial charge in [-0.25, -0.2) is 4.98 Å². The Labute approximate surface area is 70.8 Å². The number of methoxy groups -OCH3 is 1. The maximum Gasteiger partial charge on any atom is 0.162 e. The molecule has 0 bridgehead atoms. The second-order valence-corrected chi connectivity index (χ2v) is 2.34. The van der Waals surface area contributed by atoms with Gasteiger partial charge in [0.1, 0.15) is 6.07 Å². The normalized spacial score (nSPS) is 9.42. The molecule has 0 spiro atoms. The average molecular weight is 163 g/mol. The van der Waals surface area contributed by atoms with Crippen molar-refractivity contribution in [1.82, 2.24) is 9.97 Å². The monoisotopic (exact) mass is 163 g/mol. The van der Waals surface area contributed by atoms with E-state index in [1.807, 2.05) is 6.07 Å². The maximum absolute atomic E-state index is 8.62. The van der Waals surface area contributed by atoms with E-state index in [4.69, 9.17) is 10.00 Å². The first-order valence-electron chi connectivity index (χ1n) is 3.49. The van der Waals surface area contributed by atoms with Crippen molar-refractivity contribution in [3.05, 3.63) is 23.3 Å². The highest BCUT2D eigenvalue weighted by Crippen LogP contribution is 2.01. The van der Waals surface area contributed by atoms with Crippen molar-refractivity contribution in [3.8, 4) is 6.07 Å². The molecule has 0 aliphatic rings. The van der Waals surface area contributed by atoms with Crippen molar-refractivity contribution in [2.45, 2.75) is 13.5 Å². The molecule has 1 aromatic rings. The van der Waals surface area contributed by atoms with E-state index in [1.54, 1.807) is 20.2 Å². The molecule has 62 valence electrons. The van der Waals surface area contributed by atoms with E-state index >= 15 is 0 Å². The summed E-state index contributed by atoms with van der Waals surface area (Å²) in [4.78, 5) is 8.04. The van der Waals surface area contributed by atoms with Gasteiger partial charge in [-0.3, -0.25) is 4.98 Å². The molecular weight excluding hydrogens is 154 g/mol. The van der Waals surface area contributed by atoms with Crippen LogP contribution in [0.4, 0.5) is 0 Å². The molecule has 0 unspecified atom stereocenters. The number of hydrogen-bond acceptors (Lipinski definition) is 4. The molecule has 0 N–H and O–H groups in total. The Bertz CT molecular complexity index is 317. The molecule has 4 nitrogen and oxygen atoms in total. The molecule has 0 amide bonds. The quantitative estimate of drug-likeness (QED) is 0.647. The van der Waals surface area contributed by atoms with Gasteiger partial charge in [-0.05, 0) is 6.92 Å². The zero-order valence-electron chi connectivity index (χ0n) is 7.03. The molecule has 1 rings (SSSR count). The van der Waals surface area contributed by atoms with Crippen molar-refractivity contribution in [1.29, 1.82) is 5.26 Å². The number of nitriles is 1. The Hall–Kier alpha value is -1.47. The van der Waals surface area contributed by atoms with Crippen molar-refractivity contribution in [3.63, 3.8) is 0 Å². The van der Waals surface area contributed by atoms with Gasteiger partial charge >= 0.3 is 0 Å². The fourth-order valence-corrected chi connectivity index (χ4v) is 0.809. The number of ether oxygens (including phenoxy) is 1. The van der Waals surface area contributed by atoms with Crippen LogP contribution in [0.2, 0.25) is 0 Å². The minimum absolute atomic E-state index is 0.365. The van der Waals surface area contributed by atoms with E-state index in [-0.39, 0.29) is 0 Å². The van der Waals surface area contributed by atoms with Crippen LogP contribution in [0.15, 0.2) is 6.20 Å². The minimum Gasteiger partial charge on any atom is -0.378 e. The van der Waals surface area contributed by atoms with Crippen LogP contribution in [-0.4, -0.2) is 17.1 Å². The molecule has 1 heterocycles. The van der Waals surface area contributed by atoms with E-state index in [2.05, 4.69) is 9.97 Å². The number of hydrogen-bond donors (Lipinski definition) is 0. The summed E-state index contributed by atoms with van der Waals surface area (Å²) in [6.07, 6.45) is 1.61. The first-order valence-corrected chi connectivity index (χ1v) is 3.49. The second kappa shape index (κ2) is 3.79. The highest BCUT2D eigenvalue weighted by atomic mass is 16.5. The summed E-state index contributed by atoms with van der Waals surface area (Å²) in [5, 5.41) is 8.62. The molecule has 0 aliphatic carbocycles. The first-order chi connectivity index (χ1) is 5.77. The molecule has 12 heavy (non-hydrogen) atoms. The van der Waals surface area contributed by atoms with Gasteiger partial charge in [-0.1, -0.05) is 0 Å². The highest BCUT2D eigenvalue weighted by Gasteiger charge is 2.01. The maximum atomic E-state index is 8.62. The standard InChI is InChI=1S/C8H9N3O/c1-6-8(3-9)11-7(4-10-6)5-12-2/h4H,5H2,1-2H3. The summed E-state index contributed by atoms with van der Waals surface area (Å²) >= 11 is 0. The third kappa shape index (κ3) is 1.77. The van der Waals surface area contributed by atoms with Crippen molar-refractivity contribution in [2.75, 3.05) is 7.11 Å². The van der Waals surface area contributed by atoms with E-state index in [0.717, 1.165) is 0 Å². The zero-order chi connectivity index (χ0) is 8.97. The van der Waals surface area contributed by atoms with Gasteiger partial charge in [0.05, 0.1) is 24.2 Å². The fraction of sp³-hybridized carbons (Fsp3) is 0.375. The highest BCUT2D eigenvalue weighted by molar-refractivity contribution is 5.25. The number of aromatic nitrogens is 2. The van der Waals surface area contributed by atoms with Crippen LogP contribution in [0.5, 0.6) is 0 Å². The van der Waals surface area contributed by atoms with Crippen molar-refractivity contribution in [2.24, 2.45) is 0 Å². The van der Waals surface area contributed by atoms with E-state index in [1.165, 1.54) is 0 Å². The van der Waals surface area contributed by atoms with Gasteiger partial charge in [0.15, 0.2) is 5.69 Å². The summed E-state index contributed by atoms with van der Waals surface area (Å²) in [6, 6.07) is 1.96. The van der Waals surface area contributed by atoms with Crippen molar-refractivity contribution >= 4 is 0 Å². The second-order valence-electron chi connectivity index (χ2n) is 2.34. The third-order valence-corrected chi connectivity index (χ3v) is 1.40. The molecule has 0 saturated carbocycles. The van der Waals surface area contributed by atoms with Crippen LogP contribution < -0.4 is 0 Å². The van der Waals surface area contributed by atoms with E-state index < -0.39 is 0 Å². The Morgan fingerprint density at radius 2 is 2.42 bits per heavy atom. The van der Waals surface area contributed by atoms with Crippen molar-refractivity contribution < 1.29 is 4.74 Å². The van der Waals surface area contributed by atoms with Gasteiger partial charge in [0.25, 0.3) is 0 Å². The largest absolute Gasteiger partial charge is 0.378 e. The molecule has 0 fully saturated rings. The fourth-order valence-electron chi connectivity index (χ4n) is 0.809. The lowest BCUT2D eigenvalue weighted by Gasteiger charge is -1.99. The average Bonchev–Trinajstić information content (AvgIpc) is 2.09. The van der Waals surface area contributed by atoms with Crippen LogP contribution in [0.1, 0.15) is 17.1 Å². The minimum atomic E-state index is 0.365. The molecule has 0 radical (unpaired) electrons. The topological polar surface area (TPSA) is 58.8 Å². The van der Waals surface area contributed by atoms with Crippen LogP contribution >= 0.6 is 0 Å². The molecule has 4 heteroatoms. The molecule has 0 atom stereocenters. The number of rotatable bonds is 2. The van der Waals surface area contributed by atoms with Crippen LogP contribution in [-0.2, 0) is 11.3 Å². The van der Waals surface area contributed by atoms with Gasteiger partial charge in [0, 0.05) is 7.11 Å². The van der Waals surface area contributed by atoms with E-state index in [0.29, 0.717) is 23.7 Å². The Morgan fingerprint density at radius 3 is 3.00 bits per heavy atom. The first kappa shape index (κ1) is 8.62. The zero-order valence-corrected chi connectivity index (χ0v) is 7.03. The molecular formula is C8H9N3O. The van der Waals surface area contributed by atoms with E-state index in [9.17, 15) is 0 Å². The Morgan fingerprint density at radius 1 is 1.67 bits per heavy atom. The predicted molar refractivity (Wildman–Crippen MR) is 42.2 cm³/mol. The smallest absolute Gasteiger partial charge is 0.162 e. The number of nitrogens with zero attached hydrogens (tertiary/aromatic N) is 3. The summed E-state index contributed by atoms with van der Waals surface area (Å²) in [6.45, 7) is 2.14. The lowest BCUT2D eigenvalue weighted by Crippen LogP contribution is -1.99. The SMILES string of the molecule is COCc1cnc(C)c(C#N)n1. The summed E-state index contributed by atoms with van der Waals surface area (Å²) in [5.41, 5.74) is 1.70. The predicted octanol–water partition coefficient (Wildman–Crippen LogP) is 0.803. The molecule has 1 aromatic heterocycles. The summed E-state index contributed by atoms with van der Waals surface area (Å²) in [7, 11) is 1.58. The Kier molecular flexibility index (Phi) is 2.72. The van der Waals surface area contributed by atoms with Crippen LogP contribution in [0.3, 0.4) is 0 Å². The number of aryl methyl sites for hydroxylation is 1. The van der Waals surface area contributed by atoms with Crippen LogP contribution in [0.25, 0.3) is 0 Å². The lowest BCUT2D eigenvalue weighted by molar-refractivity contribution is 0.181. The lowest BCUT2D eigenvalue weighted by atomic mass is 10.3. The van der Waals surface area contributed by atoms with Gasteiger partial charge in [-0.2, -0.15) is 5.26 Å². The van der Waals surface area contributed by atoms with Gasteiger partial charge in [-0.15, -0.1) is 0 Å².